The third-order valence-electron chi connectivity index (χ3n) is 9.63. The summed E-state index contributed by atoms with van der Waals surface area (Å²) in [4.78, 5) is 23.8. The van der Waals surface area contributed by atoms with Crippen LogP contribution in [0.2, 0.25) is 0 Å². The number of hydrogen-bond donors (Lipinski definition) is 0. The molecule has 7 atom stereocenters. The number of Topliss-reactive ketones (excluding diaryl/α,β-unsaturated/α-hetero) is 1. The van der Waals surface area contributed by atoms with Crippen LogP contribution in [0.5, 0.6) is 0 Å². The zero-order valence-electron chi connectivity index (χ0n) is 18.2. The number of methoxy groups -OCH3 is 1. The topological polar surface area (TPSA) is 67.2 Å². The molecule has 4 aliphatic carbocycles. The Labute approximate surface area is 175 Å². The summed E-state index contributed by atoms with van der Waals surface area (Å²) in [5.74, 6) is 3.15. The highest BCUT2D eigenvalue weighted by atomic mass is 16.5. The molecule has 3 fully saturated rings. The molecule has 29 heavy (non-hydrogen) atoms. The fourth-order valence-corrected chi connectivity index (χ4v) is 8.01. The number of nitrogens with zero attached hydrogens (tertiary/aromatic N) is 1. The fraction of sp³-hybridized carbons (Fsp3) is 0.800. The van der Waals surface area contributed by atoms with E-state index in [0.29, 0.717) is 47.5 Å². The van der Waals surface area contributed by atoms with E-state index >= 15 is 0 Å². The molecule has 4 nitrogen and oxygen atoms in total. The van der Waals surface area contributed by atoms with Crippen molar-refractivity contribution < 1.29 is 14.3 Å². The van der Waals surface area contributed by atoms with Crippen molar-refractivity contribution >= 4 is 11.8 Å². The molecule has 0 amide bonds. The van der Waals surface area contributed by atoms with Crippen LogP contribution in [-0.4, -0.2) is 18.9 Å². The average Bonchev–Trinajstić information content (AvgIpc) is 3.04. The maximum atomic E-state index is 12.3. The Morgan fingerprint density at radius 2 is 2.00 bits per heavy atom. The van der Waals surface area contributed by atoms with Crippen molar-refractivity contribution in [2.24, 2.45) is 40.4 Å². The molecular formula is C25H35NO3. The Bertz CT molecular complexity index is 765. The molecule has 0 spiro atoms. The third kappa shape index (κ3) is 3.25. The third-order valence-corrected chi connectivity index (χ3v) is 9.63. The van der Waals surface area contributed by atoms with Crippen molar-refractivity contribution in [3.05, 3.63) is 11.6 Å². The van der Waals surface area contributed by atoms with Gasteiger partial charge in [0.2, 0.25) is 0 Å². The van der Waals surface area contributed by atoms with Crippen molar-refractivity contribution in [2.45, 2.75) is 78.1 Å². The van der Waals surface area contributed by atoms with Gasteiger partial charge in [-0.1, -0.05) is 19.9 Å². The van der Waals surface area contributed by atoms with Gasteiger partial charge in [0.05, 0.1) is 12.7 Å². The van der Waals surface area contributed by atoms with Crippen molar-refractivity contribution in [3.8, 4) is 6.07 Å². The van der Waals surface area contributed by atoms with Gasteiger partial charge in [-0.15, -0.1) is 0 Å². The summed E-state index contributed by atoms with van der Waals surface area (Å²) in [7, 11) is 1.47. The van der Waals surface area contributed by atoms with E-state index in [9.17, 15) is 14.9 Å². The second-order valence-corrected chi connectivity index (χ2v) is 10.6. The van der Waals surface area contributed by atoms with Gasteiger partial charge in [0, 0.05) is 12.8 Å². The minimum absolute atomic E-state index is 0.00614. The summed E-state index contributed by atoms with van der Waals surface area (Å²) < 4.78 is 4.81. The zero-order chi connectivity index (χ0) is 20.8. The standard InChI is InChI=1S/C25H35NO3/c1-24-12-11-21-19(20(24)10-8-17(24)5-4-6-23(28)29-3)9-7-18-13-22(27)16(15-26)14-25(18,21)2/h14,17-21H,4-13H2,1-3H3. The first-order valence-electron chi connectivity index (χ1n) is 11.6. The average molecular weight is 398 g/mol. The van der Waals surface area contributed by atoms with E-state index in [4.69, 9.17) is 4.74 Å². The normalized spacial score (nSPS) is 43.4. The quantitative estimate of drug-likeness (QED) is 0.609. The Balaban J connectivity index is 1.52. The molecule has 0 aromatic carbocycles. The number of carbonyl (C=O) groups is 2. The maximum Gasteiger partial charge on any atom is 0.305 e. The van der Waals surface area contributed by atoms with Crippen molar-refractivity contribution in [2.75, 3.05) is 7.11 Å². The van der Waals surface area contributed by atoms with E-state index in [2.05, 4.69) is 26.0 Å². The Hall–Kier alpha value is -1.63. The molecule has 0 aromatic heterocycles. The number of nitriles is 1. The fourth-order valence-electron chi connectivity index (χ4n) is 8.01. The summed E-state index contributed by atoms with van der Waals surface area (Å²) in [6, 6.07) is 2.18. The second kappa shape index (κ2) is 7.56. The van der Waals surface area contributed by atoms with Gasteiger partial charge >= 0.3 is 5.97 Å². The smallest absolute Gasteiger partial charge is 0.305 e. The Morgan fingerprint density at radius 1 is 1.21 bits per heavy atom. The number of fused-ring (bicyclic) bond motifs is 5. The number of ketones is 1. The number of esters is 1. The molecule has 158 valence electrons. The Kier molecular flexibility index (Phi) is 5.38. The van der Waals surface area contributed by atoms with Crippen molar-refractivity contribution in [1.29, 1.82) is 5.26 Å². The van der Waals surface area contributed by atoms with E-state index in [0.717, 1.165) is 25.2 Å². The summed E-state index contributed by atoms with van der Waals surface area (Å²) in [5.41, 5.74) is 0.795. The minimum Gasteiger partial charge on any atom is -0.469 e. The molecule has 0 aromatic rings. The van der Waals surface area contributed by atoms with Gasteiger partial charge < -0.3 is 4.74 Å². The first-order chi connectivity index (χ1) is 13.8. The van der Waals surface area contributed by atoms with E-state index in [1.54, 1.807) is 0 Å². The zero-order valence-corrected chi connectivity index (χ0v) is 18.2. The first-order valence-corrected chi connectivity index (χ1v) is 11.6. The molecule has 4 rings (SSSR count). The van der Waals surface area contributed by atoms with Crippen LogP contribution in [0.15, 0.2) is 11.6 Å². The number of carbonyl (C=O) groups excluding carboxylic acids is 2. The highest BCUT2D eigenvalue weighted by Crippen LogP contribution is 2.67. The lowest BCUT2D eigenvalue weighted by atomic mass is 9.45. The van der Waals surface area contributed by atoms with E-state index in [1.165, 1.54) is 39.2 Å². The van der Waals surface area contributed by atoms with Gasteiger partial charge in [0.1, 0.15) is 6.07 Å². The van der Waals surface area contributed by atoms with Crippen LogP contribution >= 0.6 is 0 Å². The lowest BCUT2D eigenvalue weighted by Crippen LogP contribution is -2.52. The molecule has 0 radical (unpaired) electrons. The first kappa shape index (κ1) is 20.6. The predicted octanol–water partition coefficient (Wildman–Crippen LogP) is 5.23. The summed E-state index contributed by atoms with van der Waals surface area (Å²) in [6.07, 6.45) is 12.6. The van der Waals surface area contributed by atoms with Gasteiger partial charge in [0.25, 0.3) is 0 Å². The van der Waals surface area contributed by atoms with Crippen molar-refractivity contribution in [3.63, 3.8) is 0 Å². The van der Waals surface area contributed by atoms with Crippen LogP contribution in [0.25, 0.3) is 0 Å². The molecule has 4 heteroatoms. The van der Waals surface area contributed by atoms with Crippen LogP contribution in [0.4, 0.5) is 0 Å². The highest BCUT2D eigenvalue weighted by Gasteiger charge is 2.59. The van der Waals surface area contributed by atoms with Crippen LogP contribution < -0.4 is 0 Å². The van der Waals surface area contributed by atoms with Gasteiger partial charge in [-0.3, -0.25) is 9.59 Å². The predicted molar refractivity (Wildman–Crippen MR) is 111 cm³/mol. The molecule has 0 N–H and O–H groups in total. The molecule has 7 unspecified atom stereocenters. The lowest BCUT2D eigenvalue weighted by molar-refractivity contribution is -0.140. The molecular weight excluding hydrogens is 362 g/mol. The van der Waals surface area contributed by atoms with Crippen LogP contribution in [-0.2, 0) is 14.3 Å². The van der Waals surface area contributed by atoms with E-state index in [1.807, 2.05) is 0 Å². The number of allylic oxidation sites excluding steroid dienone is 2. The molecule has 0 saturated heterocycles. The van der Waals surface area contributed by atoms with Gasteiger partial charge in [0.15, 0.2) is 5.78 Å². The van der Waals surface area contributed by atoms with Crippen molar-refractivity contribution in [1.82, 2.24) is 0 Å². The SMILES string of the molecule is COC(=O)CCCC1CCC2C3CCC4CC(=O)C(C#N)=CC4(C)C3CCC12C. The largest absolute Gasteiger partial charge is 0.469 e. The van der Waals surface area contributed by atoms with Crippen LogP contribution in [0.3, 0.4) is 0 Å². The molecule has 4 aliphatic rings. The monoisotopic (exact) mass is 397 g/mol. The molecule has 0 aliphatic heterocycles. The number of rotatable bonds is 4. The maximum absolute atomic E-state index is 12.3. The summed E-state index contributed by atoms with van der Waals surface area (Å²) >= 11 is 0. The minimum atomic E-state index is -0.0911. The van der Waals surface area contributed by atoms with Crippen LogP contribution in [0, 0.1) is 51.8 Å². The van der Waals surface area contributed by atoms with E-state index in [-0.39, 0.29) is 17.2 Å². The number of ether oxygens (including phenoxy) is 1. The summed E-state index contributed by atoms with van der Waals surface area (Å²) in [5, 5.41) is 9.46. The van der Waals surface area contributed by atoms with E-state index < -0.39 is 0 Å². The van der Waals surface area contributed by atoms with Gasteiger partial charge in [-0.05, 0) is 91.8 Å². The van der Waals surface area contributed by atoms with Gasteiger partial charge in [-0.2, -0.15) is 5.26 Å². The number of hydrogen-bond acceptors (Lipinski definition) is 4. The lowest BCUT2D eigenvalue weighted by Gasteiger charge is -2.59. The molecule has 3 saturated carbocycles. The summed E-state index contributed by atoms with van der Waals surface area (Å²) in [6.45, 7) is 4.85. The highest BCUT2D eigenvalue weighted by molar-refractivity contribution is 6.00. The molecule has 0 heterocycles. The Morgan fingerprint density at radius 3 is 2.72 bits per heavy atom. The second-order valence-electron chi connectivity index (χ2n) is 10.6. The van der Waals surface area contributed by atoms with Gasteiger partial charge in [-0.25, -0.2) is 0 Å². The molecule has 0 bridgehead atoms. The van der Waals surface area contributed by atoms with Crippen LogP contribution in [0.1, 0.15) is 78.1 Å².